The van der Waals surface area contributed by atoms with Crippen LogP contribution in [0.15, 0.2) is 12.4 Å². The van der Waals surface area contributed by atoms with Crippen molar-refractivity contribution in [2.45, 2.75) is 25.7 Å². The summed E-state index contributed by atoms with van der Waals surface area (Å²) in [6, 6.07) is 0. The summed E-state index contributed by atoms with van der Waals surface area (Å²) in [5, 5.41) is 12.6. The summed E-state index contributed by atoms with van der Waals surface area (Å²) in [7, 11) is 0. The van der Waals surface area contributed by atoms with Crippen LogP contribution in [0.4, 0.5) is 5.69 Å². The van der Waals surface area contributed by atoms with Crippen LogP contribution in [0.25, 0.3) is 0 Å². The molecule has 1 aliphatic rings. The number of hydrogen-bond acceptors (Lipinski definition) is 3. The Balaban J connectivity index is 1.67. The summed E-state index contributed by atoms with van der Waals surface area (Å²) in [5.41, 5.74) is 0.746. The van der Waals surface area contributed by atoms with E-state index in [0.29, 0.717) is 12.3 Å². The Hall–Kier alpha value is -1.36. The Bertz CT molecular complexity index is 317. The Morgan fingerprint density at radius 1 is 1.50 bits per heavy atom. The highest BCUT2D eigenvalue weighted by atomic mass is 16.1. The van der Waals surface area contributed by atoms with Crippen LogP contribution in [-0.4, -0.2) is 29.2 Å². The molecule has 0 spiro atoms. The third-order valence-corrected chi connectivity index (χ3v) is 3.02. The molecule has 88 valence electrons. The van der Waals surface area contributed by atoms with Crippen LogP contribution in [0.2, 0.25) is 0 Å². The number of rotatable bonds is 4. The fraction of sp³-hybridized carbons (Fsp3) is 0.636. The number of amides is 1. The lowest BCUT2D eigenvalue weighted by molar-refractivity contribution is -0.116. The van der Waals surface area contributed by atoms with Crippen molar-refractivity contribution in [1.29, 1.82) is 0 Å². The first kappa shape index (κ1) is 11.1. The summed E-state index contributed by atoms with van der Waals surface area (Å²) in [6.45, 7) is 2.18. The number of nitrogens with zero attached hydrogens (tertiary/aromatic N) is 1. The van der Waals surface area contributed by atoms with E-state index in [9.17, 15) is 4.79 Å². The number of hydrogen-bond donors (Lipinski definition) is 3. The molecule has 1 amide bonds. The maximum Gasteiger partial charge on any atom is 0.224 e. The zero-order chi connectivity index (χ0) is 11.2. The molecule has 0 saturated carbocycles. The summed E-state index contributed by atoms with van der Waals surface area (Å²) >= 11 is 0. The number of H-pyrrole nitrogens is 1. The zero-order valence-electron chi connectivity index (χ0n) is 9.33. The lowest BCUT2D eigenvalue weighted by atomic mass is 9.93. The number of carbonyl (C=O) groups excluding carboxylic acids is 1. The van der Waals surface area contributed by atoms with Gasteiger partial charge >= 0.3 is 0 Å². The van der Waals surface area contributed by atoms with E-state index >= 15 is 0 Å². The molecule has 1 aromatic heterocycles. The first-order valence-electron chi connectivity index (χ1n) is 5.84. The number of piperidine rings is 1. The van der Waals surface area contributed by atoms with Crippen LogP contribution in [-0.2, 0) is 4.79 Å². The van der Waals surface area contributed by atoms with Gasteiger partial charge in [0.05, 0.1) is 11.9 Å². The molecule has 0 aromatic carbocycles. The van der Waals surface area contributed by atoms with Crippen molar-refractivity contribution in [3.8, 4) is 0 Å². The number of carbonyl (C=O) groups is 1. The van der Waals surface area contributed by atoms with Crippen LogP contribution >= 0.6 is 0 Å². The first-order chi connectivity index (χ1) is 7.84. The maximum absolute atomic E-state index is 11.6. The van der Waals surface area contributed by atoms with E-state index in [1.807, 2.05) is 0 Å². The van der Waals surface area contributed by atoms with Crippen molar-refractivity contribution < 1.29 is 4.79 Å². The lowest BCUT2D eigenvalue weighted by Crippen LogP contribution is -2.28. The Labute approximate surface area is 95.0 Å². The van der Waals surface area contributed by atoms with Gasteiger partial charge < -0.3 is 10.6 Å². The van der Waals surface area contributed by atoms with Crippen LogP contribution in [0.3, 0.4) is 0 Å². The largest absolute Gasteiger partial charge is 0.323 e. The van der Waals surface area contributed by atoms with E-state index in [2.05, 4.69) is 20.8 Å². The maximum atomic E-state index is 11.6. The second-order valence-electron chi connectivity index (χ2n) is 4.27. The standard InChI is InChI=1S/C11H18N4O/c16-11(15-10-7-13-14-8-10)2-1-9-3-5-12-6-4-9/h7-9,12H,1-6H2,(H,13,14)(H,15,16). The van der Waals surface area contributed by atoms with Gasteiger partial charge in [-0.15, -0.1) is 0 Å². The Morgan fingerprint density at radius 3 is 3.00 bits per heavy atom. The molecule has 2 rings (SSSR count). The van der Waals surface area contributed by atoms with Crippen molar-refractivity contribution in [3.05, 3.63) is 12.4 Å². The minimum atomic E-state index is 0.0833. The third kappa shape index (κ3) is 3.34. The van der Waals surface area contributed by atoms with Crippen LogP contribution in [0.1, 0.15) is 25.7 Å². The van der Waals surface area contributed by atoms with E-state index in [1.165, 1.54) is 12.8 Å². The second kappa shape index (κ2) is 5.65. The summed E-state index contributed by atoms with van der Waals surface area (Å²) in [6.07, 6.45) is 7.28. The fourth-order valence-corrected chi connectivity index (χ4v) is 2.05. The van der Waals surface area contributed by atoms with E-state index in [0.717, 1.165) is 25.2 Å². The van der Waals surface area contributed by atoms with Gasteiger partial charge in [0.1, 0.15) is 0 Å². The molecule has 1 saturated heterocycles. The van der Waals surface area contributed by atoms with Gasteiger partial charge in [-0.3, -0.25) is 9.89 Å². The van der Waals surface area contributed by atoms with E-state index < -0.39 is 0 Å². The molecule has 0 aliphatic carbocycles. The number of anilines is 1. The van der Waals surface area contributed by atoms with Gasteiger partial charge in [0.2, 0.25) is 5.91 Å². The molecular formula is C11H18N4O. The van der Waals surface area contributed by atoms with Crippen LogP contribution < -0.4 is 10.6 Å². The summed E-state index contributed by atoms with van der Waals surface area (Å²) in [5.74, 6) is 0.788. The van der Waals surface area contributed by atoms with E-state index in [1.54, 1.807) is 12.4 Å². The smallest absolute Gasteiger partial charge is 0.224 e. The summed E-state index contributed by atoms with van der Waals surface area (Å²) in [4.78, 5) is 11.6. The van der Waals surface area contributed by atoms with Crippen molar-refractivity contribution in [2.24, 2.45) is 5.92 Å². The summed E-state index contributed by atoms with van der Waals surface area (Å²) < 4.78 is 0. The average Bonchev–Trinajstić information content (AvgIpc) is 2.81. The van der Waals surface area contributed by atoms with Gasteiger partial charge in [0.25, 0.3) is 0 Å². The molecule has 1 fully saturated rings. The molecule has 2 heterocycles. The lowest BCUT2D eigenvalue weighted by Gasteiger charge is -2.22. The third-order valence-electron chi connectivity index (χ3n) is 3.02. The van der Waals surface area contributed by atoms with Crippen molar-refractivity contribution in [1.82, 2.24) is 15.5 Å². The zero-order valence-corrected chi connectivity index (χ0v) is 9.33. The van der Waals surface area contributed by atoms with Crippen molar-refractivity contribution >= 4 is 11.6 Å². The quantitative estimate of drug-likeness (QED) is 0.715. The predicted octanol–water partition coefficient (Wildman–Crippen LogP) is 1.13. The topological polar surface area (TPSA) is 69.8 Å². The average molecular weight is 222 g/mol. The fourth-order valence-electron chi connectivity index (χ4n) is 2.05. The molecule has 0 radical (unpaired) electrons. The Kier molecular flexibility index (Phi) is 3.93. The highest BCUT2D eigenvalue weighted by Crippen LogP contribution is 2.18. The minimum absolute atomic E-state index is 0.0833. The first-order valence-corrected chi connectivity index (χ1v) is 5.84. The highest BCUT2D eigenvalue weighted by molar-refractivity contribution is 5.90. The molecule has 0 unspecified atom stereocenters. The van der Waals surface area contributed by atoms with E-state index in [4.69, 9.17) is 0 Å². The van der Waals surface area contributed by atoms with Gasteiger partial charge in [0.15, 0.2) is 0 Å². The van der Waals surface area contributed by atoms with Gasteiger partial charge in [-0.25, -0.2) is 0 Å². The van der Waals surface area contributed by atoms with Gasteiger partial charge in [0, 0.05) is 12.6 Å². The van der Waals surface area contributed by atoms with Crippen molar-refractivity contribution in [3.63, 3.8) is 0 Å². The highest BCUT2D eigenvalue weighted by Gasteiger charge is 2.14. The normalized spacial score (nSPS) is 17.2. The molecule has 16 heavy (non-hydrogen) atoms. The Morgan fingerprint density at radius 2 is 2.31 bits per heavy atom. The molecule has 5 nitrogen and oxygen atoms in total. The monoisotopic (exact) mass is 222 g/mol. The van der Waals surface area contributed by atoms with Crippen molar-refractivity contribution in [2.75, 3.05) is 18.4 Å². The molecule has 1 aromatic rings. The molecule has 5 heteroatoms. The number of aromatic nitrogens is 2. The molecule has 0 atom stereocenters. The predicted molar refractivity (Wildman–Crippen MR) is 62.0 cm³/mol. The van der Waals surface area contributed by atoms with Gasteiger partial charge in [-0.05, 0) is 38.3 Å². The minimum Gasteiger partial charge on any atom is -0.323 e. The van der Waals surface area contributed by atoms with Crippen LogP contribution in [0.5, 0.6) is 0 Å². The second-order valence-corrected chi connectivity index (χ2v) is 4.27. The molecule has 1 aliphatic heterocycles. The van der Waals surface area contributed by atoms with Gasteiger partial charge in [-0.2, -0.15) is 5.10 Å². The molecule has 3 N–H and O–H groups in total. The SMILES string of the molecule is O=C(CCC1CCNCC1)Nc1cn[nH]c1. The number of nitrogens with one attached hydrogen (secondary N) is 3. The number of aromatic amines is 1. The van der Waals surface area contributed by atoms with Gasteiger partial charge in [-0.1, -0.05) is 0 Å². The molecular weight excluding hydrogens is 204 g/mol. The van der Waals surface area contributed by atoms with Crippen LogP contribution in [0, 0.1) is 5.92 Å². The molecule has 0 bridgehead atoms. The van der Waals surface area contributed by atoms with E-state index in [-0.39, 0.29) is 5.91 Å².